The zero-order valence-corrected chi connectivity index (χ0v) is 15.4. The highest BCUT2D eigenvalue weighted by atomic mass is 16.6. The Labute approximate surface area is 161 Å². The van der Waals surface area contributed by atoms with E-state index in [1.54, 1.807) is 50.2 Å². The molecule has 0 spiro atoms. The van der Waals surface area contributed by atoms with Gasteiger partial charge in [0, 0.05) is 11.8 Å². The molecule has 0 aromatic heterocycles. The molecular formula is C20H19N3O5. The number of nitro benzene ring substituents is 1. The van der Waals surface area contributed by atoms with Crippen molar-refractivity contribution in [3.05, 3.63) is 76.5 Å². The second-order valence-corrected chi connectivity index (χ2v) is 6.30. The number of ether oxygens (including phenoxy) is 1. The lowest BCUT2D eigenvalue weighted by Gasteiger charge is -2.32. The minimum atomic E-state index is -1.39. The lowest BCUT2D eigenvalue weighted by Crippen LogP contribution is -2.51. The summed E-state index contributed by atoms with van der Waals surface area (Å²) in [5, 5.41) is 14.1. The van der Waals surface area contributed by atoms with Crippen LogP contribution in [0.2, 0.25) is 0 Å². The maximum atomic E-state index is 13.1. The topological polar surface area (TPSA) is 102 Å². The van der Waals surface area contributed by atoms with Crippen LogP contribution in [0.4, 0.5) is 17.1 Å². The number of para-hydroxylation sites is 3. The van der Waals surface area contributed by atoms with Crippen molar-refractivity contribution in [2.75, 3.05) is 16.8 Å². The van der Waals surface area contributed by atoms with E-state index in [2.05, 4.69) is 5.32 Å². The van der Waals surface area contributed by atoms with E-state index in [4.69, 9.17) is 4.74 Å². The Morgan fingerprint density at radius 3 is 2.46 bits per heavy atom. The molecule has 8 nitrogen and oxygen atoms in total. The number of carbonyl (C=O) groups excluding carboxylic acids is 2. The number of hydrogen-bond donors (Lipinski definition) is 1. The monoisotopic (exact) mass is 381 g/mol. The van der Waals surface area contributed by atoms with Gasteiger partial charge in [-0.1, -0.05) is 30.3 Å². The highest BCUT2D eigenvalue weighted by Crippen LogP contribution is 2.36. The van der Waals surface area contributed by atoms with Gasteiger partial charge < -0.3 is 10.1 Å². The molecule has 0 bridgehead atoms. The highest BCUT2D eigenvalue weighted by Gasteiger charge is 2.49. The third-order valence-electron chi connectivity index (χ3n) is 4.40. The normalized spacial score (nSPS) is 18.6. The molecule has 28 heavy (non-hydrogen) atoms. The second kappa shape index (κ2) is 7.51. The molecule has 8 heteroatoms. The van der Waals surface area contributed by atoms with Gasteiger partial charge in [-0.25, -0.2) is 4.79 Å². The maximum absolute atomic E-state index is 13.1. The minimum absolute atomic E-state index is 0.0636. The number of carbonyl (C=O) groups is 2. The van der Waals surface area contributed by atoms with Gasteiger partial charge in [0.15, 0.2) is 5.54 Å². The summed E-state index contributed by atoms with van der Waals surface area (Å²) in [6.45, 7) is 3.41. The van der Waals surface area contributed by atoms with Crippen LogP contribution in [0.3, 0.4) is 0 Å². The Morgan fingerprint density at radius 1 is 1.18 bits per heavy atom. The molecule has 1 heterocycles. The van der Waals surface area contributed by atoms with E-state index < -0.39 is 22.3 Å². The van der Waals surface area contributed by atoms with Crippen LogP contribution >= 0.6 is 0 Å². The molecule has 0 aliphatic carbocycles. The number of amides is 1. The summed E-state index contributed by atoms with van der Waals surface area (Å²) in [6, 6.07) is 14.7. The van der Waals surface area contributed by atoms with Crippen molar-refractivity contribution in [1.29, 1.82) is 0 Å². The van der Waals surface area contributed by atoms with E-state index in [1.807, 2.05) is 0 Å². The van der Waals surface area contributed by atoms with Gasteiger partial charge in [0.2, 0.25) is 0 Å². The Balaban J connectivity index is 2.04. The molecule has 0 fully saturated rings. The van der Waals surface area contributed by atoms with Crippen molar-refractivity contribution >= 4 is 28.9 Å². The zero-order valence-electron chi connectivity index (χ0n) is 15.4. The number of nitrogens with one attached hydrogen (secondary N) is 1. The number of anilines is 2. The number of esters is 1. The summed E-state index contributed by atoms with van der Waals surface area (Å²) in [4.78, 5) is 37.8. The van der Waals surface area contributed by atoms with Gasteiger partial charge in [0.25, 0.3) is 11.6 Å². The Morgan fingerprint density at radius 2 is 1.82 bits per heavy atom. The van der Waals surface area contributed by atoms with Gasteiger partial charge in [0.05, 0.1) is 11.5 Å². The van der Waals surface area contributed by atoms with Crippen LogP contribution in [0.1, 0.15) is 13.8 Å². The molecule has 0 saturated carbocycles. The average molecular weight is 381 g/mol. The fraction of sp³-hybridized carbons (Fsp3) is 0.200. The largest absolute Gasteiger partial charge is 0.464 e. The first-order valence-corrected chi connectivity index (χ1v) is 8.68. The van der Waals surface area contributed by atoms with Crippen LogP contribution in [0.15, 0.2) is 66.4 Å². The Bertz CT molecular complexity index is 957. The van der Waals surface area contributed by atoms with Crippen molar-refractivity contribution in [2.24, 2.45) is 0 Å². The van der Waals surface area contributed by atoms with Gasteiger partial charge in [-0.05, 0) is 38.1 Å². The van der Waals surface area contributed by atoms with Crippen molar-refractivity contribution in [2.45, 2.75) is 19.4 Å². The molecule has 0 radical (unpaired) electrons. The summed E-state index contributed by atoms with van der Waals surface area (Å²) in [5.74, 6) is -1.08. The first kappa shape index (κ1) is 19.1. The van der Waals surface area contributed by atoms with Crippen molar-refractivity contribution < 1.29 is 19.2 Å². The Kier molecular flexibility index (Phi) is 5.12. The number of hydrogen-bond acceptors (Lipinski definition) is 6. The molecule has 2 aromatic carbocycles. The number of nitrogens with zero attached hydrogens (tertiary/aromatic N) is 2. The number of rotatable bonds is 6. The maximum Gasteiger partial charge on any atom is 0.336 e. The van der Waals surface area contributed by atoms with E-state index >= 15 is 0 Å². The third-order valence-corrected chi connectivity index (χ3v) is 4.40. The number of benzene rings is 2. The smallest absolute Gasteiger partial charge is 0.336 e. The molecular weight excluding hydrogens is 362 g/mol. The highest BCUT2D eigenvalue weighted by molar-refractivity contribution is 6.16. The van der Waals surface area contributed by atoms with E-state index in [0.29, 0.717) is 5.69 Å². The van der Waals surface area contributed by atoms with E-state index in [1.165, 1.54) is 29.2 Å². The van der Waals surface area contributed by atoms with Crippen LogP contribution in [-0.2, 0) is 14.3 Å². The van der Waals surface area contributed by atoms with Gasteiger partial charge in [-0.2, -0.15) is 0 Å². The van der Waals surface area contributed by atoms with Crippen LogP contribution < -0.4 is 10.2 Å². The summed E-state index contributed by atoms with van der Waals surface area (Å²) < 4.78 is 5.18. The molecule has 1 amide bonds. The lowest BCUT2D eigenvalue weighted by molar-refractivity contribution is -0.383. The molecule has 0 unspecified atom stereocenters. The van der Waals surface area contributed by atoms with Crippen LogP contribution in [0.25, 0.3) is 0 Å². The fourth-order valence-electron chi connectivity index (χ4n) is 3.10. The summed E-state index contributed by atoms with van der Waals surface area (Å²) in [7, 11) is 0. The second-order valence-electron chi connectivity index (χ2n) is 6.30. The van der Waals surface area contributed by atoms with Gasteiger partial charge in [0.1, 0.15) is 11.4 Å². The summed E-state index contributed by atoms with van der Waals surface area (Å²) in [5.41, 5.74) is -0.826. The minimum Gasteiger partial charge on any atom is -0.464 e. The first-order chi connectivity index (χ1) is 13.4. The molecule has 1 atom stereocenters. The van der Waals surface area contributed by atoms with E-state index in [-0.39, 0.29) is 23.7 Å². The Hall–Kier alpha value is -3.68. The van der Waals surface area contributed by atoms with Crippen molar-refractivity contribution in [3.63, 3.8) is 0 Å². The molecule has 1 aliphatic rings. The van der Waals surface area contributed by atoms with E-state index in [9.17, 15) is 19.7 Å². The van der Waals surface area contributed by atoms with Crippen LogP contribution in [-0.4, -0.2) is 28.9 Å². The SMILES string of the molecule is CCOC(=O)[C@@]1(C)C=C(Nc2ccccc2[N+](=O)[O-])C(=O)N1c1ccccc1. The predicted molar refractivity (Wildman–Crippen MR) is 104 cm³/mol. The first-order valence-electron chi connectivity index (χ1n) is 8.68. The quantitative estimate of drug-likeness (QED) is 0.468. The summed E-state index contributed by atoms with van der Waals surface area (Å²) in [6.07, 6.45) is 1.44. The standard InChI is InChI=1S/C20H19N3O5/c1-3-28-19(25)20(2)13-16(18(24)22(20)14-9-5-4-6-10-14)21-15-11-7-8-12-17(15)23(26)27/h4-13,21H,3H2,1-2H3/t20-/m1/s1. The van der Waals surface area contributed by atoms with Crippen molar-refractivity contribution in [3.8, 4) is 0 Å². The number of nitro groups is 1. The summed E-state index contributed by atoms with van der Waals surface area (Å²) >= 11 is 0. The van der Waals surface area contributed by atoms with Crippen LogP contribution in [0, 0.1) is 10.1 Å². The van der Waals surface area contributed by atoms with Gasteiger partial charge in [-0.3, -0.25) is 19.8 Å². The van der Waals surface area contributed by atoms with Crippen molar-refractivity contribution in [1.82, 2.24) is 0 Å². The average Bonchev–Trinajstić information content (AvgIpc) is 2.94. The van der Waals surface area contributed by atoms with E-state index in [0.717, 1.165) is 0 Å². The predicted octanol–water partition coefficient (Wildman–Crippen LogP) is 3.26. The van der Waals surface area contributed by atoms with Crippen LogP contribution in [0.5, 0.6) is 0 Å². The third kappa shape index (κ3) is 3.32. The fourth-order valence-corrected chi connectivity index (χ4v) is 3.10. The molecule has 3 rings (SSSR count). The van der Waals surface area contributed by atoms with Gasteiger partial charge >= 0.3 is 5.97 Å². The molecule has 1 aliphatic heterocycles. The molecule has 1 N–H and O–H groups in total. The van der Waals surface area contributed by atoms with Gasteiger partial charge in [-0.15, -0.1) is 0 Å². The molecule has 144 valence electrons. The molecule has 2 aromatic rings. The molecule has 0 saturated heterocycles. The zero-order chi connectivity index (χ0) is 20.3. The lowest BCUT2D eigenvalue weighted by atomic mass is 10.0.